The molecule has 2 nitrogen and oxygen atoms in total. The molecule has 3 rings (SSSR count). The lowest BCUT2D eigenvalue weighted by molar-refractivity contribution is 0.365. The summed E-state index contributed by atoms with van der Waals surface area (Å²) in [6.45, 7) is 2.28. The van der Waals surface area contributed by atoms with Gasteiger partial charge in [0.05, 0.1) is 11.0 Å². The van der Waals surface area contributed by atoms with Crippen molar-refractivity contribution in [3.05, 3.63) is 28.0 Å². The molecule has 0 radical (unpaired) electrons. The third-order valence-corrected chi connectivity index (χ3v) is 4.70. The minimum Gasteiger partial charge on any atom is -0.331 e. The summed E-state index contributed by atoms with van der Waals surface area (Å²) in [6.07, 6.45) is 5.34. The van der Waals surface area contributed by atoms with Crippen molar-refractivity contribution >= 4 is 34.9 Å². The second kappa shape index (κ2) is 4.71. The van der Waals surface area contributed by atoms with Gasteiger partial charge in [-0.15, -0.1) is 0 Å². The highest BCUT2D eigenvalue weighted by Crippen LogP contribution is 2.36. The van der Waals surface area contributed by atoms with Crippen LogP contribution in [0.25, 0.3) is 11.0 Å². The summed E-state index contributed by atoms with van der Waals surface area (Å²) in [5, 5.41) is 0.767. The first-order valence-corrected chi connectivity index (χ1v) is 7.35. The zero-order chi connectivity index (χ0) is 12.7. The van der Waals surface area contributed by atoms with Crippen molar-refractivity contribution < 1.29 is 0 Å². The van der Waals surface area contributed by atoms with Gasteiger partial charge in [-0.2, -0.15) is 0 Å². The van der Waals surface area contributed by atoms with Crippen molar-refractivity contribution in [3.63, 3.8) is 0 Å². The smallest absolute Gasteiger partial charge is 0.178 e. The molecule has 1 aromatic carbocycles. The molecule has 1 saturated carbocycles. The van der Waals surface area contributed by atoms with E-state index in [0.29, 0.717) is 6.04 Å². The number of hydrogen-bond acceptors (Lipinski definition) is 1. The Bertz CT molecular complexity index is 622. The minimum absolute atomic E-state index is 0.451. The normalized spacial score (nSPS) is 18.6. The molecule has 1 heterocycles. The van der Waals surface area contributed by atoms with Crippen molar-refractivity contribution in [1.82, 2.24) is 9.55 Å². The molecule has 1 atom stereocenters. The molecule has 96 valence electrons. The largest absolute Gasteiger partial charge is 0.331 e. The fourth-order valence-electron chi connectivity index (χ4n) is 3.15. The van der Waals surface area contributed by atoms with Gasteiger partial charge >= 0.3 is 0 Å². The van der Waals surface area contributed by atoms with Crippen LogP contribution in [0.4, 0.5) is 0 Å². The van der Waals surface area contributed by atoms with E-state index in [2.05, 4.69) is 16.5 Å². The zero-order valence-corrected chi connectivity index (χ0v) is 12.0. The molecule has 1 aliphatic rings. The van der Waals surface area contributed by atoms with Crippen molar-refractivity contribution in [1.29, 1.82) is 0 Å². The monoisotopic (exact) mass is 280 g/mol. The number of aromatic amines is 1. The quantitative estimate of drug-likeness (QED) is 0.759. The van der Waals surface area contributed by atoms with Gasteiger partial charge in [-0.05, 0) is 56.1 Å². The van der Waals surface area contributed by atoms with E-state index in [4.69, 9.17) is 23.8 Å². The second-order valence-electron chi connectivity index (χ2n) is 5.25. The first-order chi connectivity index (χ1) is 8.66. The van der Waals surface area contributed by atoms with Crippen LogP contribution in [-0.4, -0.2) is 9.55 Å². The molecule has 1 unspecified atom stereocenters. The maximum atomic E-state index is 6.10. The van der Waals surface area contributed by atoms with Crippen LogP contribution in [0.3, 0.4) is 0 Å². The molecule has 1 aliphatic carbocycles. The molecular weight excluding hydrogens is 264 g/mol. The molecule has 1 N–H and O–H groups in total. The van der Waals surface area contributed by atoms with E-state index in [0.717, 1.165) is 26.7 Å². The zero-order valence-electron chi connectivity index (χ0n) is 10.4. The van der Waals surface area contributed by atoms with E-state index in [1.807, 2.05) is 18.2 Å². The number of rotatable bonds is 2. The number of aromatic nitrogens is 2. The van der Waals surface area contributed by atoms with Crippen molar-refractivity contribution in [2.45, 2.75) is 38.6 Å². The predicted molar refractivity (Wildman–Crippen MR) is 78.8 cm³/mol. The lowest BCUT2D eigenvalue weighted by Gasteiger charge is -2.21. The van der Waals surface area contributed by atoms with Gasteiger partial charge in [0.2, 0.25) is 0 Å². The van der Waals surface area contributed by atoms with Crippen LogP contribution in [0.15, 0.2) is 18.2 Å². The van der Waals surface area contributed by atoms with Crippen LogP contribution < -0.4 is 0 Å². The van der Waals surface area contributed by atoms with E-state index in [1.165, 1.54) is 25.7 Å². The van der Waals surface area contributed by atoms with Gasteiger partial charge in [-0.1, -0.05) is 24.4 Å². The highest BCUT2D eigenvalue weighted by molar-refractivity contribution is 7.71. The predicted octanol–water partition coefficient (Wildman–Crippen LogP) is 5.10. The second-order valence-corrected chi connectivity index (χ2v) is 6.07. The third-order valence-electron chi connectivity index (χ3n) is 4.17. The van der Waals surface area contributed by atoms with Crippen molar-refractivity contribution in [2.75, 3.05) is 0 Å². The number of hydrogen-bond donors (Lipinski definition) is 1. The molecule has 0 amide bonds. The van der Waals surface area contributed by atoms with Crippen LogP contribution in [0.2, 0.25) is 5.02 Å². The third kappa shape index (κ3) is 1.99. The molecule has 0 spiro atoms. The Morgan fingerprint density at radius 1 is 1.39 bits per heavy atom. The Labute approximate surface area is 117 Å². The summed E-state index contributed by atoms with van der Waals surface area (Å²) >= 11 is 11.6. The Balaban J connectivity index is 2.12. The van der Waals surface area contributed by atoms with Gasteiger partial charge in [0.1, 0.15) is 0 Å². The van der Waals surface area contributed by atoms with Gasteiger partial charge in [-0.3, -0.25) is 0 Å². The maximum absolute atomic E-state index is 6.10. The molecule has 18 heavy (non-hydrogen) atoms. The Morgan fingerprint density at radius 3 is 2.83 bits per heavy atom. The van der Waals surface area contributed by atoms with Crippen molar-refractivity contribution in [3.8, 4) is 0 Å². The standard InChI is InChI=1S/C14H17ClN2S/c1-9(10-4-2-3-5-10)17-13-8-11(15)6-7-12(13)16-14(17)18/h6-10H,2-5H2,1H3,(H,16,18). The number of halogens is 1. The number of imidazole rings is 1. The van der Waals surface area contributed by atoms with E-state index >= 15 is 0 Å². The molecule has 1 aromatic heterocycles. The summed E-state index contributed by atoms with van der Waals surface area (Å²) in [5.74, 6) is 0.745. The van der Waals surface area contributed by atoms with E-state index < -0.39 is 0 Å². The average molecular weight is 281 g/mol. The summed E-state index contributed by atoms with van der Waals surface area (Å²) < 4.78 is 3.05. The van der Waals surface area contributed by atoms with E-state index in [9.17, 15) is 0 Å². The van der Waals surface area contributed by atoms with Gasteiger partial charge in [0.15, 0.2) is 4.77 Å². The SMILES string of the molecule is CC(C1CCCC1)n1c(=S)[nH]c2ccc(Cl)cc21. The fraction of sp³-hybridized carbons (Fsp3) is 0.500. The van der Waals surface area contributed by atoms with E-state index in [-0.39, 0.29) is 0 Å². The Morgan fingerprint density at radius 2 is 2.11 bits per heavy atom. The van der Waals surface area contributed by atoms with Crippen LogP contribution in [0.5, 0.6) is 0 Å². The number of H-pyrrole nitrogens is 1. The number of nitrogens with zero attached hydrogens (tertiary/aromatic N) is 1. The summed E-state index contributed by atoms with van der Waals surface area (Å²) in [6, 6.07) is 6.37. The molecule has 4 heteroatoms. The van der Waals surface area contributed by atoms with E-state index in [1.54, 1.807) is 0 Å². The summed E-state index contributed by atoms with van der Waals surface area (Å²) in [7, 11) is 0. The Kier molecular flexibility index (Phi) is 3.20. The number of benzene rings is 1. The molecule has 2 aromatic rings. The first kappa shape index (κ1) is 12.2. The highest BCUT2D eigenvalue weighted by Gasteiger charge is 2.24. The van der Waals surface area contributed by atoms with Crippen LogP contribution in [0, 0.1) is 10.7 Å². The Hall–Kier alpha value is -0.800. The van der Waals surface area contributed by atoms with Gasteiger partial charge in [-0.25, -0.2) is 0 Å². The lowest BCUT2D eigenvalue weighted by atomic mass is 9.99. The maximum Gasteiger partial charge on any atom is 0.178 e. The average Bonchev–Trinajstić information content (AvgIpc) is 2.94. The molecule has 0 aliphatic heterocycles. The number of nitrogens with one attached hydrogen (secondary N) is 1. The topological polar surface area (TPSA) is 20.7 Å². The minimum atomic E-state index is 0.451. The highest BCUT2D eigenvalue weighted by atomic mass is 35.5. The molecule has 0 saturated heterocycles. The summed E-state index contributed by atoms with van der Waals surface area (Å²) in [4.78, 5) is 3.28. The molecule has 0 bridgehead atoms. The van der Waals surface area contributed by atoms with Gasteiger partial charge in [0.25, 0.3) is 0 Å². The molecular formula is C14H17ClN2S. The van der Waals surface area contributed by atoms with Gasteiger partial charge < -0.3 is 9.55 Å². The van der Waals surface area contributed by atoms with Crippen LogP contribution in [0.1, 0.15) is 38.6 Å². The van der Waals surface area contributed by atoms with Gasteiger partial charge in [0, 0.05) is 11.1 Å². The molecule has 1 fully saturated rings. The van der Waals surface area contributed by atoms with Crippen molar-refractivity contribution in [2.24, 2.45) is 5.92 Å². The fourth-order valence-corrected chi connectivity index (χ4v) is 3.69. The lowest BCUT2D eigenvalue weighted by Crippen LogP contribution is -2.14. The number of fused-ring (bicyclic) bond motifs is 1. The van der Waals surface area contributed by atoms with Crippen LogP contribution >= 0.6 is 23.8 Å². The summed E-state index contributed by atoms with van der Waals surface area (Å²) in [5.41, 5.74) is 2.21. The van der Waals surface area contributed by atoms with Crippen LogP contribution in [-0.2, 0) is 0 Å². The first-order valence-electron chi connectivity index (χ1n) is 6.56.